The van der Waals surface area contributed by atoms with Crippen molar-refractivity contribution in [3.8, 4) is 0 Å². The molecule has 2 aliphatic heterocycles. The maximum Gasteiger partial charge on any atom is 0.278 e. The van der Waals surface area contributed by atoms with Crippen LogP contribution in [0, 0.1) is 0 Å². The van der Waals surface area contributed by atoms with E-state index in [0.29, 0.717) is 30.5 Å². The fraction of sp³-hybridized carbons (Fsp3) is 0.417. The number of fused-ring (bicyclic) bond motifs is 2. The molecule has 2 atom stereocenters. The van der Waals surface area contributed by atoms with Crippen molar-refractivity contribution >= 4 is 85.3 Å². The van der Waals surface area contributed by atoms with Crippen LogP contribution in [-0.4, -0.2) is 74.1 Å². The van der Waals surface area contributed by atoms with Crippen LogP contribution in [-0.2, 0) is 28.5 Å². The zero-order valence-electron chi connectivity index (χ0n) is 22.1. The molecule has 0 spiro atoms. The summed E-state index contributed by atoms with van der Waals surface area (Å²) in [6.07, 6.45) is 9.82. The van der Waals surface area contributed by atoms with E-state index in [4.69, 9.17) is 25.9 Å². The van der Waals surface area contributed by atoms with Crippen LogP contribution in [0.2, 0.25) is 0 Å². The number of halogens is 4. The lowest BCUT2D eigenvalue weighted by molar-refractivity contribution is 0.0774. The van der Waals surface area contributed by atoms with E-state index >= 15 is 0 Å². The number of nitrogens with one attached hydrogen (secondary N) is 1. The van der Waals surface area contributed by atoms with Crippen LogP contribution in [0.5, 0.6) is 0 Å². The number of hydrogen-bond acceptors (Lipinski definition) is 9. The average molecular weight is 793 g/mol. The molecule has 2 aliphatic rings. The number of nitrogens with zero attached hydrogens (tertiary/aromatic N) is 4. The predicted octanol–water partition coefficient (Wildman–Crippen LogP) is 4.12. The molecule has 2 unspecified atom stereocenters. The summed E-state index contributed by atoms with van der Waals surface area (Å²) in [6.45, 7) is 2.79. The number of rotatable bonds is 4. The zero-order valence-corrected chi connectivity index (χ0v) is 28.5. The number of imidazole rings is 2. The minimum atomic E-state index is -3.75. The summed E-state index contributed by atoms with van der Waals surface area (Å²) in [7, 11) is -2.13. The Hall–Kier alpha value is -1.34. The van der Waals surface area contributed by atoms with Gasteiger partial charge in [0.15, 0.2) is 10.1 Å². The molecule has 0 bridgehead atoms. The van der Waals surface area contributed by atoms with Gasteiger partial charge in [-0.1, -0.05) is 0 Å². The Bertz CT molecular complexity index is 1690. The summed E-state index contributed by atoms with van der Waals surface area (Å²) >= 11 is 6.56. The van der Waals surface area contributed by atoms with Gasteiger partial charge >= 0.3 is 0 Å². The summed E-state index contributed by atoms with van der Waals surface area (Å²) in [6, 6.07) is 7.18. The quantitative estimate of drug-likeness (QED) is 0.290. The first kappa shape index (κ1) is 35.1. The zero-order chi connectivity index (χ0) is 29.6. The van der Waals surface area contributed by atoms with Gasteiger partial charge in [0, 0.05) is 57.3 Å². The topological polar surface area (TPSA) is 159 Å². The van der Waals surface area contributed by atoms with Gasteiger partial charge in [-0.15, -0.1) is 12.4 Å². The molecular weight excluding hydrogens is 763 g/mol. The van der Waals surface area contributed by atoms with Gasteiger partial charge < -0.3 is 15.2 Å². The third-order valence-electron chi connectivity index (χ3n) is 6.07. The highest BCUT2D eigenvalue weighted by molar-refractivity contribution is 9.10. The second kappa shape index (κ2) is 15.6. The fourth-order valence-corrected chi connectivity index (χ4v) is 7.04. The first-order valence-electron chi connectivity index (χ1n) is 12.6. The van der Waals surface area contributed by atoms with Crippen LogP contribution in [0.25, 0.3) is 11.3 Å². The first-order chi connectivity index (χ1) is 19.4. The summed E-state index contributed by atoms with van der Waals surface area (Å²) in [5.41, 5.74) is 6.64. The second-order valence-electron chi connectivity index (χ2n) is 9.29. The second-order valence-corrected chi connectivity index (χ2v) is 15.3. The molecule has 0 radical (unpaired) electrons. The Morgan fingerprint density at radius 3 is 1.83 bits per heavy atom. The molecule has 6 heterocycles. The van der Waals surface area contributed by atoms with Crippen LogP contribution in [0.1, 0.15) is 25.7 Å². The van der Waals surface area contributed by atoms with Gasteiger partial charge in [0.2, 0.25) is 0 Å². The predicted molar refractivity (Wildman–Crippen MR) is 168 cm³/mol. The molecular formula is C24H30Br2Cl2N6O6S2. The highest BCUT2D eigenvalue weighted by Crippen LogP contribution is 2.20. The number of hydrogen-bond donors (Lipinski definition) is 2. The van der Waals surface area contributed by atoms with Crippen molar-refractivity contribution in [2.24, 2.45) is 5.73 Å². The van der Waals surface area contributed by atoms with E-state index in [1.54, 1.807) is 35.0 Å². The van der Waals surface area contributed by atoms with E-state index in [9.17, 15) is 16.8 Å². The molecule has 232 valence electrons. The minimum absolute atomic E-state index is 0. The van der Waals surface area contributed by atoms with Crippen molar-refractivity contribution in [3.05, 3.63) is 58.0 Å². The lowest BCUT2D eigenvalue weighted by atomic mass is 10.1. The van der Waals surface area contributed by atoms with Gasteiger partial charge in [0.1, 0.15) is 11.3 Å². The van der Waals surface area contributed by atoms with E-state index in [0.717, 1.165) is 47.8 Å². The molecule has 6 rings (SSSR count). The average Bonchev–Trinajstić information content (AvgIpc) is 3.54. The van der Waals surface area contributed by atoms with Gasteiger partial charge in [-0.05, 0) is 81.8 Å². The Morgan fingerprint density at radius 1 is 0.857 bits per heavy atom. The van der Waals surface area contributed by atoms with Crippen molar-refractivity contribution < 1.29 is 26.3 Å². The minimum Gasteiger partial charge on any atom is -0.380 e. The Morgan fingerprint density at radius 2 is 1.38 bits per heavy atom. The van der Waals surface area contributed by atoms with Crippen molar-refractivity contribution in [1.29, 1.82) is 0 Å². The Kier molecular flexibility index (Phi) is 13.0. The molecule has 3 N–H and O–H groups in total. The number of nitrogens with two attached hydrogens (primary N) is 1. The molecule has 42 heavy (non-hydrogen) atoms. The fourth-order valence-electron chi connectivity index (χ4n) is 4.12. The summed E-state index contributed by atoms with van der Waals surface area (Å²) in [5.74, 6) is 0. The van der Waals surface area contributed by atoms with Crippen LogP contribution in [0.15, 0.2) is 68.1 Å². The van der Waals surface area contributed by atoms with E-state index in [2.05, 4.69) is 46.5 Å². The lowest BCUT2D eigenvalue weighted by Crippen LogP contribution is -2.40. The molecule has 2 fully saturated rings. The third-order valence-corrected chi connectivity index (χ3v) is 9.78. The highest BCUT2D eigenvalue weighted by Gasteiger charge is 2.25. The monoisotopic (exact) mass is 790 g/mol. The summed E-state index contributed by atoms with van der Waals surface area (Å²) in [5, 5.41) is 0.106. The molecule has 0 amide bonds. The van der Waals surface area contributed by atoms with E-state index in [1.165, 1.54) is 16.8 Å². The number of pyridine rings is 2. The van der Waals surface area contributed by atoms with E-state index in [-0.39, 0.29) is 28.5 Å². The normalized spacial score (nSPS) is 19.2. The molecule has 0 aliphatic carbocycles. The van der Waals surface area contributed by atoms with Crippen LogP contribution in [0.4, 0.5) is 0 Å². The van der Waals surface area contributed by atoms with Gasteiger partial charge in [-0.2, -0.15) is 0 Å². The number of sulfonamides is 1. The summed E-state index contributed by atoms with van der Waals surface area (Å²) in [4.78, 5) is 8.02. The van der Waals surface area contributed by atoms with Gasteiger partial charge in [-0.3, -0.25) is 8.80 Å². The number of ether oxygens (including phenoxy) is 2. The maximum atomic E-state index is 12.4. The molecule has 4 aromatic rings. The Labute approximate surface area is 271 Å². The van der Waals surface area contributed by atoms with Gasteiger partial charge in [0.05, 0.1) is 25.6 Å². The SMILES string of the molecule is Cl.NC1CCCOC1.O=S(=O)(Cl)c1cnc2ccc(Br)cn12.O=S(=O)(NC1CCCOC1)c1cnc2ccc(Br)cn12. The van der Waals surface area contributed by atoms with Crippen LogP contribution >= 0.6 is 54.9 Å². The van der Waals surface area contributed by atoms with Crippen molar-refractivity contribution in [2.75, 3.05) is 26.4 Å². The standard InChI is InChI=1S/C12H14BrN3O3S.C7H4BrClN2O2S.C5H11NO.ClH/c13-9-3-4-11-14-6-12(16(11)7-9)20(17,18)15-10-2-1-5-19-8-10;8-5-1-2-6-10-3-7(11(6)4-5)14(9,12)13;6-5-2-1-3-7-4-5;/h3-4,6-7,10,15H,1-2,5,8H2;1-4H;5H,1-4,6H2;1H. The maximum absolute atomic E-state index is 12.4. The van der Waals surface area contributed by atoms with Crippen molar-refractivity contribution in [3.63, 3.8) is 0 Å². The first-order valence-corrected chi connectivity index (χ1v) is 18.0. The van der Waals surface area contributed by atoms with Gasteiger partial charge in [0.25, 0.3) is 19.1 Å². The molecule has 12 nitrogen and oxygen atoms in total. The lowest BCUT2D eigenvalue weighted by Gasteiger charge is -2.22. The van der Waals surface area contributed by atoms with Crippen molar-refractivity contribution in [1.82, 2.24) is 23.5 Å². The van der Waals surface area contributed by atoms with Crippen LogP contribution in [0.3, 0.4) is 0 Å². The third kappa shape index (κ3) is 9.58. The van der Waals surface area contributed by atoms with Crippen LogP contribution < -0.4 is 10.5 Å². The largest absolute Gasteiger partial charge is 0.380 e. The smallest absolute Gasteiger partial charge is 0.278 e. The van der Waals surface area contributed by atoms with E-state index < -0.39 is 19.1 Å². The van der Waals surface area contributed by atoms with E-state index in [1.807, 2.05) is 6.07 Å². The highest BCUT2D eigenvalue weighted by atomic mass is 79.9. The summed E-state index contributed by atoms with van der Waals surface area (Å²) < 4.78 is 64.6. The molecule has 2 saturated heterocycles. The molecule has 0 aromatic carbocycles. The molecule has 4 aromatic heterocycles. The Balaban J connectivity index is 0.000000191. The van der Waals surface area contributed by atoms with Crippen molar-refractivity contribution in [2.45, 2.75) is 47.8 Å². The van der Waals surface area contributed by atoms with Gasteiger partial charge in [-0.25, -0.2) is 31.5 Å². The molecule has 18 heteroatoms. The number of aromatic nitrogens is 4. The molecule has 0 saturated carbocycles.